The van der Waals surface area contributed by atoms with Crippen LogP contribution in [0, 0.1) is 11.3 Å². The summed E-state index contributed by atoms with van der Waals surface area (Å²) in [7, 11) is 0. The van der Waals surface area contributed by atoms with Crippen LogP contribution in [0.15, 0.2) is 48.9 Å². The quantitative estimate of drug-likeness (QED) is 0.503. The summed E-state index contributed by atoms with van der Waals surface area (Å²) < 4.78 is 0. The molecule has 1 atom stereocenters. The van der Waals surface area contributed by atoms with Gasteiger partial charge in [0.2, 0.25) is 0 Å². The highest BCUT2D eigenvalue weighted by atomic mass is 16.2. The maximum Gasteiger partial charge on any atom is 0.324 e. The standard InChI is InChI=1S/C22H19N9O2/c23-8-16-19(24)29-27-11-15(14-7-13-3-1-2-4-17(13)25-9-14)10-26-20(16)30-5-6-31-18(12-30)21(32)28-22(31)33/h1-4,7,9-11,18,29H,5-6,12,24H2,(H,28,32,33). The van der Waals surface area contributed by atoms with E-state index in [0.717, 1.165) is 16.5 Å². The molecule has 4 N–H and O–H groups in total. The van der Waals surface area contributed by atoms with E-state index in [-0.39, 0.29) is 23.8 Å². The van der Waals surface area contributed by atoms with E-state index >= 15 is 0 Å². The van der Waals surface area contributed by atoms with Crippen molar-refractivity contribution in [1.82, 2.24) is 30.4 Å². The lowest BCUT2D eigenvalue weighted by molar-refractivity contribution is -0.121. The molecule has 1 unspecified atom stereocenters. The van der Waals surface area contributed by atoms with Crippen LogP contribution in [0.5, 0.6) is 0 Å². The van der Waals surface area contributed by atoms with Crippen LogP contribution in [0.3, 0.4) is 0 Å². The van der Waals surface area contributed by atoms with E-state index < -0.39 is 12.1 Å². The second kappa shape index (κ2) is 8.08. The van der Waals surface area contributed by atoms with Gasteiger partial charge in [-0.3, -0.25) is 20.2 Å². The first-order valence-electron chi connectivity index (χ1n) is 10.2. The van der Waals surface area contributed by atoms with Crippen LogP contribution >= 0.6 is 0 Å². The third kappa shape index (κ3) is 3.63. The highest BCUT2D eigenvalue weighted by molar-refractivity contribution is 6.04. The number of carbonyl (C=O) groups is 2. The largest absolute Gasteiger partial charge is 0.383 e. The monoisotopic (exact) mass is 441 g/mol. The normalized spacial score (nSPS) is 17.4. The molecule has 5 rings (SSSR count). The maximum atomic E-state index is 12.2. The summed E-state index contributed by atoms with van der Waals surface area (Å²) in [6.07, 6.45) is 4.87. The van der Waals surface area contributed by atoms with Crippen molar-refractivity contribution in [2.24, 2.45) is 0 Å². The number of imide groups is 1. The van der Waals surface area contributed by atoms with Crippen LogP contribution in [0.25, 0.3) is 22.0 Å². The highest BCUT2D eigenvalue weighted by Crippen LogP contribution is 2.26. The van der Waals surface area contributed by atoms with Gasteiger partial charge < -0.3 is 15.5 Å². The number of amides is 3. The van der Waals surface area contributed by atoms with E-state index in [1.165, 1.54) is 4.90 Å². The van der Waals surface area contributed by atoms with Crippen LogP contribution in [0.4, 0.5) is 16.4 Å². The lowest BCUT2D eigenvalue weighted by Crippen LogP contribution is -2.53. The zero-order valence-corrected chi connectivity index (χ0v) is 17.4. The number of aromatic amines is 1. The molecule has 4 heterocycles. The number of nitrogens with zero attached hydrogens (tertiary/aromatic N) is 6. The molecule has 2 fully saturated rings. The second-order valence-corrected chi connectivity index (χ2v) is 7.67. The number of hydrogen-bond donors (Lipinski definition) is 3. The summed E-state index contributed by atoms with van der Waals surface area (Å²) >= 11 is 0. The number of para-hydroxylation sites is 1. The SMILES string of the molecule is N#Cc1c(N2CCN3C(=O)NC(=O)C3C2)ncc(-c2cnc3ccccc3c2)cn[nH]c1N. The Hall–Kier alpha value is -4.72. The number of benzene rings is 1. The van der Waals surface area contributed by atoms with Crippen LogP contribution < -0.4 is 16.0 Å². The molecular weight excluding hydrogens is 422 g/mol. The highest BCUT2D eigenvalue weighted by Gasteiger charge is 2.42. The number of nitriles is 1. The fraction of sp³-hybridized carbons (Fsp3) is 0.182. The zero-order chi connectivity index (χ0) is 22.9. The predicted octanol–water partition coefficient (Wildman–Crippen LogP) is 1.34. The van der Waals surface area contributed by atoms with Crippen molar-refractivity contribution < 1.29 is 9.59 Å². The van der Waals surface area contributed by atoms with Gasteiger partial charge in [-0.1, -0.05) is 18.2 Å². The van der Waals surface area contributed by atoms with E-state index in [9.17, 15) is 14.9 Å². The predicted molar refractivity (Wildman–Crippen MR) is 120 cm³/mol. The molecule has 2 saturated heterocycles. The van der Waals surface area contributed by atoms with Gasteiger partial charge in [-0.05, 0) is 12.1 Å². The van der Waals surface area contributed by atoms with E-state index in [1.807, 2.05) is 30.3 Å². The third-order valence-electron chi connectivity index (χ3n) is 5.72. The Bertz CT molecular complexity index is 1380. The van der Waals surface area contributed by atoms with Gasteiger partial charge in [0.05, 0.1) is 11.7 Å². The van der Waals surface area contributed by atoms with Crippen molar-refractivity contribution in [3.05, 3.63) is 54.5 Å². The van der Waals surface area contributed by atoms with E-state index in [4.69, 9.17) is 5.73 Å². The van der Waals surface area contributed by atoms with E-state index in [1.54, 1.807) is 23.5 Å². The van der Waals surface area contributed by atoms with Gasteiger partial charge in [0, 0.05) is 48.5 Å². The fourth-order valence-corrected chi connectivity index (χ4v) is 4.01. The number of urea groups is 1. The Morgan fingerprint density at radius 1 is 1.09 bits per heavy atom. The Labute approximate surface area is 188 Å². The van der Waals surface area contributed by atoms with Gasteiger partial charge in [0.15, 0.2) is 0 Å². The van der Waals surface area contributed by atoms with Gasteiger partial charge in [-0.15, -0.1) is 0 Å². The van der Waals surface area contributed by atoms with Crippen molar-refractivity contribution >= 4 is 34.5 Å². The molecule has 33 heavy (non-hydrogen) atoms. The summed E-state index contributed by atoms with van der Waals surface area (Å²) in [5.41, 5.74) is 8.48. The number of fused-ring (bicyclic) bond motifs is 2. The number of H-pyrrole nitrogens is 1. The number of nitrogens with two attached hydrogens (primary N) is 1. The molecule has 0 aliphatic carbocycles. The molecule has 0 spiro atoms. The number of piperazine rings is 1. The Balaban J connectivity index is 1.60. The molecule has 3 aromatic rings. The van der Waals surface area contributed by atoms with E-state index in [2.05, 4.69) is 31.6 Å². The molecular formula is C22H19N9O2. The van der Waals surface area contributed by atoms with Crippen LogP contribution in [0.1, 0.15) is 5.56 Å². The average molecular weight is 441 g/mol. The molecule has 0 radical (unpaired) electrons. The van der Waals surface area contributed by atoms with Crippen molar-refractivity contribution in [3.8, 4) is 17.2 Å². The molecule has 2 aromatic heterocycles. The number of pyridine rings is 1. The van der Waals surface area contributed by atoms with Crippen LogP contribution in [0.2, 0.25) is 0 Å². The molecule has 11 nitrogen and oxygen atoms in total. The van der Waals surface area contributed by atoms with Crippen molar-refractivity contribution in [2.45, 2.75) is 6.04 Å². The molecule has 2 aliphatic heterocycles. The molecule has 2 aliphatic rings. The van der Waals surface area contributed by atoms with Crippen molar-refractivity contribution in [3.63, 3.8) is 0 Å². The molecule has 1 aromatic carbocycles. The van der Waals surface area contributed by atoms with Crippen molar-refractivity contribution in [1.29, 1.82) is 5.26 Å². The summed E-state index contributed by atoms with van der Waals surface area (Å²) in [4.78, 5) is 36.5. The molecule has 0 bridgehead atoms. The lowest BCUT2D eigenvalue weighted by atomic mass is 10.1. The van der Waals surface area contributed by atoms with Gasteiger partial charge in [0.25, 0.3) is 5.91 Å². The van der Waals surface area contributed by atoms with Crippen LogP contribution in [-0.2, 0) is 4.79 Å². The number of aromatic nitrogens is 4. The first kappa shape index (κ1) is 20.2. The summed E-state index contributed by atoms with van der Waals surface area (Å²) in [5, 5.41) is 19.9. The fourth-order valence-electron chi connectivity index (χ4n) is 4.01. The van der Waals surface area contributed by atoms with Crippen molar-refractivity contribution in [2.75, 3.05) is 30.3 Å². The van der Waals surface area contributed by atoms with Crippen LogP contribution in [-0.4, -0.2) is 62.7 Å². The molecule has 11 heteroatoms. The Kier molecular flexibility index (Phi) is 4.95. The smallest absolute Gasteiger partial charge is 0.324 e. The number of rotatable bonds is 2. The van der Waals surface area contributed by atoms with Gasteiger partial charge >= 0.3 is 6.03 Å². The van der Waals surface area contributed by atoms with Gasteiger partial charge in [-0.2, -0.15) is 10.4 Å². The number of carbonyl (C=O) groups excluding carboxylic acids is 2. The second-order valence-electron chi connectivity index (χ2n) is 7.67. The topological polar surface area (TPSA) is 157 Å². The zero-order valence-electron chi connectivity index (χ0n) is 17.4. The van der Waals surface area contributed by atoms with Gasteiger partial charge in [0.1, 0.15) is 29.3 Å². The number of hydrogen-bond acceptors (Lipinski definition) is 8. The first-order chi connectivity index (χ1) is 16.0. The Morgan fingerprint density at radius 3 is 2.76 bits per heavy atom. The third-order valence-corrected chi connectivity index (χ3v) is 5.72. The average Bonchev–Trinajstić information content (AvgIpc) is 3.15. The number of anilines is 2. The lowest BCUT2D eigenvalue weighted by Gasteiger charge is -2.36. The molecule has 0 saturated carbocycles. The minimum atomic E-state index is -0.653. The number of nitrogens with one attached hydrogen (secondary N) is 2. The first-order valence-corrected chi connectivity index (χ1v) is 10.2. The minimum absolute atomic E-state index is 0.0353. The molecule has 3 amide bonds. The Morgan fingerprint density at radius 2 is 1.91 bits per heavy atom. The summed E-state index contributed by atoms with van der Waals surface area (Å²) in [6.45, 7) is 0.890. The molecule has 164 valence electrons. The summed E-state index contributed by atoms with van der Waals surface area (Å²) in [5.74, 6) is -0.0389. The van der Waals surface area contributed by atoms with Gasteiger partial charge in [-0.25, -0.2) is 9.78 Å². The summed E-state index contributed by atoms with van der Waals surface area (Å²) in [6, 6.07) is 10.7. The maximum absolute atomic E-state index is 12.2. The minimum Gasteiger partial charge on any atom is -0.383 e. The van der Waals surface area contributed by atoms with E-state index in [0.29, 0.717) is 24.5 Å². The number of nitrogen functional groups attached to an aromatic ring is 1.